The molecule has 0 bridgehead atoms. The van der Waals surface area contributed by atoms with E-state index < -0.39 is 36.0 Å². The summed E-state index contributed by atoms with van der Waals surface area (Å²) in [4.78, 5) is 56.8. The Balaban J connectivity index is 2.25. The molecule has 4 atom stereocenters. The molecule has 0 aliphatic carbocycles. The lowest BCUT2D eigenvalue weighted by molar-refractivity contribution is -0.133. The van der Waals surface area contributed by atoms with Crippen LogP contribution < -0.4 is 38.5 Å². The highest BCUT2D eigenvalue weighted by atomic mass is 16.2. The largest absolute Gasteiger partial charge is 0.370 e. The first-order chi connectivity index (χ1) is 21.1. The standard InChI is InChI=1S/C32H48N8O4/c1-22(41)25(16-9-10-18-33)38-29(42)26(17-11-19-37-32(34)35)39-31(44)28(21-24-14-7-4-8-15-24)40-30(43)27(36-2)20-23-12-5-3-6-13-23/h3-8,12-15,25-28,36H,9-11,16-21,33H2,1-2H3,(H,38,42)(H,39,44)(H,40,43)(H4,34,35,37). The lowest BCUT2D eigenvalue weighted by Crippen LogP contribution is -2.58. The molecule has 10 N–H and O–H groups in total. The first kappa shape index (κ1) is 35.9. The van der Waals surface area contributed by atoms with Crippen molar-refractivity contribution in [3.63, 3.8) is 0 Å². The van der Waals surface area contributed by atoms with Crippen LogP contribution in [0.15, 0.2) is 65.7 Å². The van der Waals surface area contributed by atoms with Gasteiger partial charge in [-0.2, -0.15) is 0 Å². The third-order valence-electron chi connectivity index (χ3n) is 7.20. The first-order valence-electron chi connectivity index (χ1n) is 15.1. The third-order valence-corrected chi connectivity index (χ3v) is 7.20. The van der Waals surface area contributed by atoms with Crippen molar-refractivity contribution in [2.75, 3.05) is 20.1 Å². The van der Waals surface area contributed by atoms with Crippen LogP contribution in [0.25, 0.3) is 0 Å². The number of carbonyl (C=O) groups excluding carboxylic acids is 4. The fourth-order valence-electron chi connectivity index (χ4n) is 4.69. The summed E-state index contributed by atoms with van der Waals surface area (Å²) in [6.07, 6.45) is 3.06. The molecule has 0 spiro atoms. The summed E-state index contributed by atoms with van der Waals surface area (Å²) in [5, 5.41) is 11.5. The number of aliphatic imine (C=N–C) groups is 1. The second kappa shape index (κ2) is 19.8. The fourth-order valence-corrected chi connectivity index (χ4v) is 4.69. The predicted molar refractivity (Wildman–Crippen MR) is 172 cm³/mol. The van der Waals surface area contributed by atoms with Gasteiger partial charge in [-0.05, 0) is 70.2 Å². The number of nitrogens with two attached hydrogens (primary N) is 3. The minimum Gasteiger partial charge on any atom is -0.370 e. The number of Topliss-reactive ketones (excluding diaryl/α,β-unsaturated/α-hetero) is 1. The van der Waals surface area contributed by atoms with Crippen molar-refractivity contribution in [3.8, 4) is 0 Å². The van der Waals surface area contributed by atoms with Crippen molar-refractivity contribution in [1.29, 1.82) is 0 Å². The molecule has 2 aromatic carbocycles. The molecular weight excluding hydrogens is 560 g/mol. The monoisotopic (exact) mass is 608 g/mol. The molecule has 12 nitrogen and oxygen atoms in total. The van der Waals surface area contributed by atoms with Gasteiger partial charge < -0.3 is 38.5 Å². The molecule has 3 amide bonds. The molecule has 240 valence electrons. The Morgan fingerprint density at radius 1 is 0.682 bits per heavy atom. The van der Waals surface area contributed by atoms with Crippen LogP contribution in [0, 0.1) is 0 Å². The highest BCUT2D eigenvalue weighted by Gasteiger charge is 2.30. The normalized spacial score (nSPS) is 13.5. The van der Waals surface area contributed by atoms with E-state index >= 15 is 0 Å². The maximum absolute atomic E-state index is 13.8. The van der Waals surface area contributed by atoms with E-state index in [0.29, 0.717) is 32.2 Å². The molecule has 12 heteroatoms. The Hall–Kier alpha value is -4.29. The van der Waals surface area contributed by atoms with Gasteiger partial charge in [0.05, 0.1) is 12.1 Å². The minimum atomic E-state index is -0.993. The summed E-state index contributed by atoms with van der Waals surface area (Å²) in [5.41, 5.74) is 18.3. The van der Waals surface area contributed by atoms with Gasteiger partial charge in [-0.3, -0.25) is 24.2 Å². The van der Waals surface area contributed by atoms with Gasteiger partial charge in [0.1, 0.15) is 12.1 Å². The molecule has 0 aliphatic rings. The van der Waals surface area contributed by atoms with Crippen molar-refractivity contribution < 1.29 is 19.2 Å². The lowest BCUT2D eigenvalue weighted by atomic mass is 10.0. The molecule has 0 aliphatic heterocycles. The molecule has 0 heterocycles. The number of unbranched alkanes of at least 4 members (excludes halogenated alkanes) is 1. The highest BCUT2D eigenvalue weighted by Crippen LogP contribution is 2.09. The highest BCUT2D eigenvalue weighted by molar-refractivity contribution is 5.95. The van der Waals surface area contributed by atoms with Gasteiger partial charge in [0, 0.05) is 13.0 Å². The molecule has 0 saturated carbocycles. The Kier molecular flexibility index (Phi) is 16.2. The van der Waals surface area contributed by atoms with Gasteiger partial charge in [0.2, 0.25) is 17.7 Å². The zero-order valence-electron chi connectivity index (χ0n) is 25.8. The quantitative estimate of drug-likeness (QED) is 0.0630. The molecule has 2 rings (SSSR count). The van der Waals surface area contributed by atoms with E-state index in [0.717, 1.165) is 17.5 Å². The number of hydrogen-bond acceptors (Lipinski definition) is 7. The van der Waals surface area contributed by atoms with Crippen LogP contribution >= 0.6 is 0 Å². The second-order valence-electron chi connectivity index (χ2n) is 10.7. The van der Waals surface area contributed by atoms with Crippen LogP contribution in [0.1, 0.15) is 50.2 Å². The molecule has 44 heavy (non-hydrogen) atoms. The van der Waals surface area contributed by atoms with Gasteiger partial charge in [0.15, 0.2) is 11.7 Å². The molecule has 0 fully saturated rings. The van der Waals surface area contributed by atoms with E-state index in [1.807, 2.05) is 60.7 Å². The number of ketones is 1. The van der Waals surface area contributed by atoms with E-state index in [2.05, 4.69) is 26.3 Å². The number of benzene rings is 2. The fraction of sp³-hybridized carbons (Fsp3) is 0.469. The zero-order chi connectivity index (χ0) is 32.3. The Bertz CT molecular complexity index is 1210. The van der Waals surface area contributed by atoms with Gasteiger partial charge in [-0.25, -0.2) is 0 Å². The number of carbonyl (C=O) groups is 4. The van der Waals surface area contributed by atoms with Crippen LogP contribution in [0.3, 0.4) is 0 Å². The van der Waals surface area contributed by atoms with Crippen molar-refractivity contribution in [2.24, 2.45) is 22.2 Å². The summed E-state index contributed by atoms with van der Waals surface area (Å²) in [6, 6.07) is 15.6. The summed E-state index contributed by atoms with van der Waals surface area (Å²) < 4.78 is 0. The first-order valence-corrected chi connectivity index (χ1v) is 15.1. The average molecular weight is 609 g/mol. The number of hydrogen-bond donors (Lipinski definition) is 7. The maximum Gasteiger partial charge on any atom is 0.243 e. The van der Waals surface area contributed by atoms with Crippen molar-refractivity contribution in [3.05, 3.63) is 71.8 Å². The summed E-state index contributed by atoms with van der Waals surface area (Å²) >= 11 is 0. The molecule has 0 saturated heterocycles. The van der Waals surface area contributed by atoms with Crippen molar-refractivity contribution in [2.45, 2.75) is 76.0 Å². The molecule has 2 aromatic rings. The predicted octanol–water partition coefficient (Wildman–Crippen LogP) is 0.286. The Morgan fingerprint density at radius 3 is 1.68 bits per heavy atom. The van der Waals surface area contributed by atoms with Crippen molar-refractivity contribution in [1.82, 2.24) is 21.3 Å². The number of likely N-dealkylation sites (N-methyl/N-ethyl adjacent to an activating group) is 1. The summed E-state index contributed by atoms with van der Waals surface area (Å²) in [6.45, 7) is 2.15. The van der Waals surface area contributed by atoms with Crippen LogP contribution in [0.4, 0.5) is 0 Å². The molecular formula is C32H48N8O4. The zero-order valence-corrected chi connectivity index (χ0v) is 25.8. The lowest BCUT2D eigenvalue weighted by Gasteiger charge is -2.26. The van der Waals surface area contributed by atoms with E-state index in [1.54, 1.807) is 7.05 Å². The van der Waals surface area contributed by atoms with E-state index in [-0.39, 0.29) is 37.0 Å². The Morgan fingerprint density at radius 2 is 1.16 bits per heavy atom. The van der Waals surface area contributed by atoms with E-state index in [4.69, 9.17) is 17.2 Å². The van der Waals surface area contributed by atoms with Crippen LogP contribution in [0.2, 0.25) is 0 Å². The number of nitrogens with zero attached hydrogens (tertiary/aromatic N) is 1. The smallest absolute Gasteiger partial charge is 0.243 e. The van der Waals surface area contributed by atoms with Gasteiger partial charge in [0.25, 0.3) is 0 Å². The van der Waals surface area contributed by atoms with Gasteiger partial charge in [-0.1, -0.05) is 60.7 Å². The number of rotatable bonds is 20. The SMILES string of the molecule is CNC(Cc1ccccc1)C(=O)NC(Cc1ccccc1)C(=O)NC(CCCN=C(N)N)C(=O)NC(CCCCN)C(C)=O. The van der Waals surface area contributed by atoms with Crippen LogP contribution in [-0.2, 0) is 32.0 Å². The second-order valence-corrected chi connectivity index (χ2v) is 10.7. The van der Waals surface area contributed by atoms with E-state index in [9.17, 15) is 19.2 Å². The minimum absolute atomic E-state index is 0.0770. The molecule has 0 radical (unpaired) electrons. The van der Waals surface area contributed by atoms with Crippen LogP contribution in [0.5, 0.6) is 0 Å². The van der Waals surface area contributed by atoms with Crippen LogP contribution in [-0.4, -0.2) is 73.8 Å². The topological polar surface area (TPSA) is 207 Å². The molecule has 0 aromatic heterocycles. The summed E-state index contributed by atoms with van der Waals surface area (Å²) in [7, 11) is 1.69. The Labute approximate surface area is 260 Å². The van der Waals surface area contributed by atoms with Gasteiger partial charge in [-0.15, -0.1) is 0 Å². The van der Waals surface area contributed by atoms with Gasteiger partial charge >= 0.3 is 0 Å². The maximum atomic E-state index is 13.8. The average Bonchev–Trinajstić information content (AvgIpc) is 3.01. The van der Waals surface area contributed by atoms with E-state index in [1.165, 1.54) is 6.92 Å². The third kappa shape index (κ3) is 13.3. The number of amides is 3. The summed E-state index contributed by atoms with van der Waals surface area (Å²) in [5.74, 6) is -1.64. The van der Waals surface area contributed by atoms with Crippen molar-refractivity contribution >= 4 is 29.5 Å². The number of nitrogens with one attached hydrogen (secondary N) is 4. The number of guanidine groups is 1. The molecule has 4 unspecified atom stereocenters.